The van der Waals surface area contributed by atoms with Crippen molar-refractivity contribution < 1.29 is 20.1 Å². The smallest absolute Gasteiger partial charge is 0.222 e. The molecule has 0 rings (SSSR count). The van der Waals surface area contributed by atoms with E-state index < -0.39 is 18.2 Å². The van der Waals surface area contributed by atoms with Gasteiger partial charge in [-0.1, -0.05) is 204 Å². The van der Waals surface area contributed by atoms with E-state index in [-0.39, 0.29) is 18.9 Å². The van der Waals surface area contributed by atoms with E-state index in [1.165, 1.54) is 167 Å². The summed E-state index contributed by atoms with van der Waals surface area (Å²) < 4.78 is 0. The Labute approximate surface area is 336 Å². The van der Waals surface area contributed by atoms with Crippen LogP contribution in [0.4, 0.5) is 0 Å². The van der Waals surface area contributed by atoms with Crippen LogP contribution in [0.5, 0.6) is 0 Å². The molecular formula is C49H91NO4. The van der Waals surface area contributed by atoms with Crippen molar-refractivity contribution in [1.82, 2.24) is 5.32 Å². The van der Waals surface area contributed by atoms with Gasteiger partial charge in [-0.3, -0.25) is 4.79 Å². The minimum Gasteiger partial charge on any atom is -0.394 e. The number of rotatable bonds is 42. The summed E-state index contributed by atoms with van der Waals surface area (Å²) in [5.74, 6) is -0.332. The zero-order valence-corrected chi connectivity index (χ0v) is 35.8. The normalized spacial score (nSPS) is 13.9. The second kappa shape index (κ2) is 44.0. The summed E-state index contributed by atoms with van der Waals surface area (Å²) in [6.07, 6.45) is 56.9. The Morgan fingerprint density at radius 2 is 0.796 bits per heavy atom. The van der Waals surface area contributed by atoms with Crippen molar-refractivity contribution in [2.75, 3.05) is 6.61 Å². The van der Waals surface area contributed by atoms with Gasteiger partial charge in [0.1, 0.15) is 0 Å². The monoisotopic (exact) mass is 758 g/mol. The molecule has 0 aromatic rings. The topological polar surface area (TPSA) is 89.8 Å². The second-order valence-corrected chi connectivity index (χ2v) is 16.0. The van der Waals surface area contributed by atoms with E-state index in [0.29, 0.717) is 6.42 Å². The van der Waals surface area contributed by atoms with Crippen molar-refractivity contribution in [3.63, 3.8) is 0 Å². The van der Waals surface area contributed by atoms with Crippen molar-refractivity contribution in [3.8, 4) is 0 Å². The lowest BCUT2D eigenvalue weighted by Crippen LogP contribution is -2.45. The van der Waals surface area contributed by atoms with Crippen LogP contribution in [0.15, 0.2) is 48.6 Å². The zero-order valence-electron chi connectivity index (χ0n) is 35.8. The predicted octanol–water partition coefficient (Wildman–Crippen LogP) is 13.7. The highest BCUT2D eigenvalue weighted by Gasteiger charge is 2.20. The van der Waals surface area contributed by atoms with E-state index in [4.69, 9.17) is 0 Å². The first-order chi connectivity index (χ1) is 26.5. The molecule has 0 fully saturated rings. The van der Waals surface area contributed by atoms with Crippen LogP contribution in [-0.4, -0.2) is 46.1 Å². The molecule has 0 aliphatic rings. The van der Waals surface area contributed by atoms with Crippen LogP contribution in [-0.2, 0) is 4.79 Å². The molecule has 4 N–H and O–H groups in total. The highest BCUT2D eigenvalue weighted by Crippen LogP contribution is 2.15. The number of hydrogen-bond donors (Lipinski definition) is 4. The molecule has 3 unspecified atom stereocenters. The number of nitrogens with one attached hydrogen (secondary N) is 1. The third-order valence-corrected chi connectivity index (χ3v) is 10.6. The van der Waals surface area contributed by atoms with Gasteiger partial charge in [-0.25, -0.2) is 0 Å². The average molecular weight is 758 g/mol. The van der Waals surface area contributed by atoms with Gasteiger partial charge >= 0.3 is 0 Å². The van der Waals surface area contributed by atoms with Gasteiger partial charge in [-0.2, -0.15) is 0 Å². The Morgan fingerprint density at radius 1 is 0.463 bits per heavy atom. The Kier molecular flexibility index (Phi) is 42.7. The number of unbranched alkanes of at least 4 members (excludes halogenated alkanes) is 27. The molecular weight excluding hydrogens is 667 g/mol. The standard InChI is InChI=1S/C49H91NO4/c1-3-5-7-9-11-13-15-17-19-20-21-22-23-24-25-26-27-29-30-32-34-36-38-40-42-46(52)44-49(54)50-47(45-51)48(53)43-41-39-37-35-33-31-28-18-16-14-12-10-8-6-4-2/h16,18,24-25,33,35,41,43,46-48,51-53H,3-15,17,19-23,26-32,34,36-40,42,44-45H2,1-2H3,(H,50,54)/b18-16+,25-24-,35-33+,43-41+. The fraction of sp³-hybridized carbons (Fsp3) is 0.816. The first-order valence-corrected chi connectivity index (χ1v) is 23.4. The predicted molar refractivity (Wildman–Crippen MR) is 236 cm³/mol. The number of carbonyl (C=O) groups is 1. The summed E-state index contributed by atoms with van der Waals surface area (Å²) >= 11 is 0. The molecule has 316 valence electrons. The number of allylic oxidation sites excluding steroid dienone is 7. The Bertz CT molecular complexity index is 881. The summed E-state index contributed by atoms with van der Waals surface area (Å²) in [4.78, 5) is 12.4. The van der Waals surface area contributed by atoms with Crippen LogP contribution in [0.2, 0.25) is 0 Å². The summed E-state index contributed by atoms with van der Waals surface area (Å²) in [5, 5.41) is 33.2. The fourth-order valence-corrected chi connectivity index (χ4v) is 6.95. The second-order valence-electron chi connectivity index (χ2n) is 16.0. The van der Waals surface area contributed by atoms with Crippen LogP contribution in [0, 0.1) is 0 Å². The van der Waals surface area contributed by atoms with E-state index in [1.807, 2.05) is 6.08 Å². The summed E-state index contributed by atoms with van der Waals surface area (Å²) in [7, 11) is 0. The van der Waals surface area contributed by atoms with Crippen molar-refractivity contribution in [1.29, 1.82) is 0 Å². The highest BCUT2D eigenvalue weighted by molar-refractivity contribution is 5.76. The minimum absolute atomic E-state index is 0.000318. The fourth-order valence-electron chi connectivity index (χ4n) is 6.95. The molecule has 0 radical (unpaired) electrons. The number of carbonyl (C=O) groups excluding carboxylic acids is 1. The number of amides is 1. The van der Waals surface area contributed by atoms with Crippen LogP contribution in [0.1, 0.15) is 232 Å². The van der Waals surface area contributed by atoms with E-state index in [9.17, 15) is 20.1 Å². The molecule has 0 saturated carbocycles. The first kappa shape index (κ1) is 52.3. The first-order valence-electron chi connectivity index (χ1n) is 23.4. The van der Waals surface area contributed by atoms with E-state index in [1.54, 1.807) is 6.08 Å². The minimum atomic E-state index is -0.961. The van der Waals surface area contributed by atoms with E-state index in [0.717, 1.165) is 38.5 Å². The molecule has 0 aliphatic carbocycles. The van der Waals surface area contributed by atoms with Gasteiger partial charge in [0.15, 0.2) is 0 Å². The molecule has 0 aromatic heterocycles. The molecule has 0 saturated heterocycles. The lowest BCUT2D eigenvalue weighted by molar-refractivity contribution is -0.124. The molecule has 3 atom stereocenters. The van der Waals surface area contributed by atoms with Crippen LogP contribution in [0.25, 0.3) is 0 Å². The third kappa shape index (κ3) is 40.0. The molecule has 54 heavy (non-hydrogen) atoms. The van der Waals surface area contributed by atoms with Crippen molar-refractivity contribution in [3.05, 3.63) is 48.6 Å². The van der Waals surface area contributed by atoms with Gasteiger partial charge in [0.05, 0.1) is 31.3 Å². The highest BCUT2D eigenvalue weighted by atomic mass is 16.3. The lowest BCUT2D eigenvalue weighted by atomic mass is 10.0. The van der Waals surface area contributed by atoms with Gasteiger partial charge in [0.2, 0.25) is 5.91 Å². The van der Waals surface area contributed by atoms with Gasteiger partial charge in [0.25, 0.3) is 0 Å². The van der Waals surface area contributed by atoms with Crippen LogP contribution < -0.4 is 5.32 Å². The number of aliphatic hydroxyl groups excluding tert-OH is 3. The maximum Gasteiger partial charge on any atom is 0.222 e. The molecule has 0 heterocycles. The molecule has 0 bridgehead atoms. The van der Waals surface area contributed by atoms with Crippen molar-refractivity contribution in [2.45, 2.75) is 250 Å². The summed E-state index contributed by atoms with van der Waals surface area (Å²) in [5.41, 5.74) is 0. The number of aliphatic hydroxyl groups is 3. The molecule has 5 heteroatoms. The SMILES string of the molecule is CCCCCCC/C=C/CC/C=C/CC/C=C/C(O)C(CO)NC(=O)CC(O)CCCCCCCCCC/C=C\CCCCCCCCCCCCCC. The Balaban J connectivity index is 3.67. The number of hydrogen-bond acceptors (Lipinski definition) is 4. The molecule has 5 nitrogen and oxygen atoms in total. The van der Waals surface area contributed by atoms with E-state index in [2.05, 4.69) is 55.6 Å². The molecule has 1 amide bonds. The van der Waals surface area contributed by atoms with E-state index >= 15 is 0 Å². The zero-order chi connectivity index (χ0) is 39.4. The van der Waals surface area contributed by atoms with Crippen LogP contribution in [0.3, 0.4) is 0 Å². The largest absolute Gasteiger partial charge is 0.394 e. The molecule has 0 aliphatic heterocycles. The lowest BCUT2D eigenvalue weighted by Gasteiger charge is -2.21. The van der Waals surface area contributed by atoms with Crippen LogP contribution >= 0.6 is 0 Å². The molecule has 0 aromatic carbocycles. The average Bonchev–Trinajstić information content (AvgIpc) is 3.16. The summed E-state index contributed by atoms with van der Waals surface area (Å²) in [6, 6.07) is -0.769. The Hall–Kier alpha value is -1.69. The van der Waals surface area contributed by atoms with Gasteiger partial charge < -0.3 is 20.6 Å². The van der Waals surface area contributed by atoms with Gasteiger partial charge in [-0.15, -0.1) is 0 Å². The van der Waals surface area contributed by atoms with Crippen molar-refractivity contribution >= 4 is 5.91 Å². The maximum atomic E-state index is 12.4. The van der Waals surface area contributed by atoms with Gasteiger partial charge in [-0.05, 0) is 70.6 Å². The maximum absolute atomic E-state index is 12.4. The van der Waals surface area contributed by atoms with Gasteiger partial charge in [0, 0.05) is 0 Å². The van der Waals surface area contributed by atoms with Crippen molar-refractivity contribution in [2.24, 2.45) is 0 Å². The summed E-state index contributed by atoms with van der Waals surface area (Å²) in [6.45, 7) is 4.19. The quantitative estimate of drug-likeness (QED) is 0.0369. The Morgan fingerprint density at radius 3 is 1.19 bits per heavy atom. The third-order valence-electron chi connectivity index (χ3n) is 10.6. The molecule has 0 spiro atoms.